The Morgan fingerprint density at radius 2 is 2.00 bits per heavy atom. The molecule has 1 aliphatic heterocycles. The lowest BCUT2D eigenvalue weighted by molar-refractivity contribution is -0.150. The molecular formula is C10H18O3. The minimum atomic E-state index is -0.606. The zero-order chi connectivity index (χ0) is 10.1. The van der Waals surface area contributed by atoms with Gasteiger partial charge < -0.3 is 14.3 Å². The van der Waals surface area contributed by atoms with E-state index < -0.39 is 11.9 Å². The molecule has 1 aliphatic rings. The van der Waals surface area contributed by atoms with Crippen molar-refractivity contribution in [3.63, 3.8) is 0 Å². The molecular weight excluding hydrogens is 168 g/mol. The highest BCUT2D eigenvalue weighted by molar-refractivity contribution is 5.57. The first-order valence-corrected chi connectivity index (χ1v) is 4.75. The summed E-state index contributed by atoms with van der Waals surface area (Å²) in [4.78, 5) is 10.7. The summed E-state index contributed by atoms with van der Waals surface area (Å²) in [6, 6.07) is 0. The molecule has 1 fully saturated rings. The van der Waals surface area contributed by atoms with Gasteiger partial charge in [0.1, 0.15) is 6.10 Å². The predicted octanol–water partition coefficient (Wildman–Crippen LogP) is 1.75. The summed E-state index contributed by atoms with van der Waals surface area (Å²) in [7, 11) is 0. The van der Waals surface area contributed by atoms with Crippen LogP contribution >= 0.6 is 0 Å². The Morgan fingerprint density at radius 3 is 2.46 bits per heavy atom. The Kier molecular flexibility index (Phi) is 3.09. The summed E-state index contributed by atoms with van der Waals surface area (Å²) in [6.07, 6.45) is 1.24. The molecule has 0 aromatic rings. The molecule has 1 rings (SSSR count). The van der Waals surface area contributed by atoms with Gasteiger partial charge >= 0.3 is 0 Å². The topological polar surface area (TPSA) is 35.5 Å². The van der Waals surface area contributed by atoms with Crippen molar-refractivity contribution in [1.29, 1.82) is 0 Å². The Hall–Kier alpha value is -0.410. The minimum absolute atomic E-state index is 0.0764. The number of carbonyl (C=O) groups is 1. The van der Waals surface area contributed by atoms with E-state index in [4.69, 9.17) is 9.47 Å². The summed E-state index contributed by atoms with van der Waals surface area (Å²) >= 11 is 0. The normalized spacial score (nSPS) is 32.4. The van der Waals surface area contributed by atoms with Crippen LogP contribution in [0, 0.1) is 5.92 Å². The van der Waals surface area contributed by atoms with Crippen LogP contribution in [0.4, 0.5) is 0 Å². The second kappa shape index (κ2) is 3.76. The fraction of sp³-hybridized carbons (Fsp3) is 0.900. The van der Waals surface area contributed by atoms with Crippen molar-refractivity contribution in [2.75, 3.05) is 0 Å². The monoisotopic (exact) mass is 186 g/mol. The molecule has 13 heavy (non-hydrogen) atoms. The molecule has 0 saturated carbocycles. The molecule has 1 heterocycles. The first-order chi connectivity index (χ1) is 5.94. The molecule has 76 valence electrons. The Morgan fingerprint density at radius 1 is 1.38 bits per heavy atom. The average molecular weight is 186 g/mol. The second-order valence-corrected chi connectivity index (χ2v) is 4.40. The van der Waals surface area contributed by atoms with E-state index in [-0.39, 0.29) is 6.10 Å². The van der Waals surface area contributed by atoms with E-state index in [1.165, 1.54) is 0 Å². The third-order valence-corrected chi connectivity index (χ3v) is 2.06. The molecule has 0 aromatic carbocycles. The molecule has 2 atom stereocenters. The molecule has 0 spiro atoms. The van der Waals surface area contributed by atoms with Gasteiger partial charge in [-0.3, -0.25) is 0 Å². The fourth-order valence-electron chi connectivity index (χ4n) is 1.63. The largest absolute Gasteiger partial charge is 0.344 e. The van der Waals surface area contributed by atoms with E-state index in [9.17, 15) is 4.79 Å². The van der Waals surface area contributed by atoms with Crippen molar-refractivity contribution in [2.45, 2.75) is 52.1 Å². The van der Waals surface area contributed by atoms with Gasteiger partial charge in [0.05, 0.1) is 6.10 Å². The Balaban J connectivity index is 2.58. The van der Waals surface area contributed by atoms with E-state index in [2.05, 4.69) is 13.8 Å². The molecule has 0 amide bonds. The number of hydrogen-bond acceptors (Lipinski definition) is 3. The van der Waals surface area contributed by atoms with E-state index >= 15 is 0 Å². The number of ether oxygens (including phenoxy) is 2. The van der Waals surface area contributed by atoms with Crippen LogP contribution in [0.2, 0.25) is 0 Å². The SMILES string of the molecule is CC(C)C[C@@H]1OC(C)(C)O[C@H]1C=O. The molecule has 0 aliphatic carbocycles. The highest BCUT2D eigenvalue weighted by Crippen LogP contribution is 2.30. The van der Waals surface area contributed by atoms with Gasteiger partial charge in [0.25, 0.3) is 0 Å². The third-order valence-electron chi connectivity index (χ3n) is 2.06. The molecule has 3 heteroatoms. The van der Waals surface area contributed by atoms with Gasteiger partial charge in [-0.1, -0.05) is 13.8 Å². The van der Waals surface area contributed by atoms with Crippen LogP contribution in [-0.4, -0.2) is 24.3 Å². The predicted molar refractivity (Wildman–Crippen MR) is 49.3 cm³/mol. The van der Waals surface area contributed by atoms with Crippen molar-refractivity contribution in [1.82, 2.24) is 0 Å². The van der Waals surface area contributed by atoms with Crippen LogP contribution in [0.1, 0.15) is 34.1 Å². The number of carbonyl (C=O) groups excluding carboxylic acids is 1. The van der Waals surface area contributed by atoms with Gasteiger partial charge in [0.15, 0.2) is 12.1 Å². The van der Waals surface area contributed by atoms with Crippen LogP contribution in [0.3, 0.4) is 0 Å². The summed E-state index contributed by atoms with van der Waals surface area (Å²) in [5.74, 6) is -0.0875. The van der Waals surface area contributed by atoms with E-state index in [1.54, 1.807) is 0 Å². The summed E-state index contributed by atoms with van der Waals surface area (Å²) < 4.78 is 11.0. The van der Waals surface area contributed by atoms with Gasteiger partial charge in [-0.05, 0) is 26.2 Å². The number of hydrogen-bond donors (Lipinski definition) is 0. The molecule has 3 nitrogen and oxygen atoms in total. The van der Waals surface area contributed by atoms with Crippen LogP contribution in [0.15, 0.2) is 0 Å². The van der Waals surface area contributed by atoms with Crippen LogP contribution < -0.4 is 0 Å². The van der Waals surface area contributed by atoms with Crippen molar-refractivity contribution in [3.8, 4) is 0 Å². The van der Waals surface area contributed by atoms with Gasteiger partial charge in [0, 0.05) is 0 Å². The van der Waals surface area contributed by atoms with Crippen LogP contribution in [0.5, 0.6) is 0 Å². The zero-order valence-electron chi connectivity index (χ0n) is 8.74. The second-order valence-electron chi connectivity index (χ2n) is 4.40. The standard InChI is InChI=1S/C10H18O3/c1-7(2)5-8-9(6-11)13-10(3,4)12-8/h6-9H,5H2,1-4H3/t8-,9-/m0/s1. The van der Waals surface area contributed by atoms with Crippen molar-refractivity contribution in [3.05, 3.63) is 0 Å². The van der Waals surface area contributed by atoms with E-state index in [0.717, 1.165) is 12.7 Å². The van der Waals surface area contributed by atoms with Crippen molar-refractivity contribution < 1.29 is 14.3 Å². The van der Waals surface area contributed by atoms with Gasteiger partial charge in [-0.15, -0.1) is 0 Å². The highest BCUT2D eigenvalue weighted by Gasteiger charge is 2.40. The quantitative estimate of drug-likeness (QED) is 0.630. The lowest BCUT2D eigenvalue weighted by Crippen LogP contribution is -2.25. The van der Waals surface area contributed by atoms with Gasteiger partial charge in [0.2, 0.25) is 0 Å². The molecule has 0 unspecified atom stereocenters. The molecule has 0 radical (unpaired) electrons. The maximum atomic E-state index is 10.7. The van der Waals surface area contributed by atoms with Crippen molar-refractivity contribution in [2.24, 2.45) is 5.92 Å². The van der Waals surface area contributed by atoms with E-state index in [0.29, 0.717) is 5.92 Å². The Bertz CT molecular complexity index is 187. The number of rotatable bonds is 3. The highest BCUT2D eigenvalue weighted by atomic mass is 16.8. The lowest BCUT2D eigenvalue weighted by Gasteiger charge is -2.17. The third kappa shape index (κ3) is 2.78. The smallest absolute Gasteiger partial charge is 0.164 e. The fourth-order valence-corrected chi connectivity index (χ4v) is 1.63. The minimum Gasteiger partial charge on any atom is -0.344 e. The number of aldehydes is 1. The average Bonchev–Trinajstić information content (AvgIpc) is 2.24. The first-order valence-electron chi connectivity index (χ1n) is 4.75. The summed E-state index contributed by atoms with van der Waals surface area (Å²) in [5, 5.41) is 0. The first kappa shape index (κ1) is 10.7. The van der Waals surface area contributed by atoms with Crippen molar-refractivity contribution >= 4 is 6.29 Å². The molecule has 0 aromatic heterocycles. The molecule has 0 bridgehead atoms. The summed E-state index contributed by atoms with van der Waals surface area (Å²) in [5.41, 5.74) is 0. The lowest BCUT2D eigenvalue weighted by atomic mass is 10.0. The molecule has 0 N–H and O–H groups in total. The summed E-state index contributed by atoms with van der Waals surface area (Å²) in [6.45, 7) is 7.89. The zero-order valence-corrected chi connectivity index (χ0v) is 8.74. The van der Waals surface area contributed by atoms with Gasteiger partial charge in [-0.25, -0.2) is 0 Å². The van der Waals surface area contributed by atoms with Crippen LogP contribution in [0.25, 0.3) is 0 Å². The van der Waals surface area contributed by atoms with Gasteiger partial charge in [-0.2, -0.15) is 0 Å². The van der Waals surface area contributed by atoms with Crippen LogP contribution in [-0.2, 0) is 14.3 Å². The Labute approximate surface area is 79.4 Å². The maximum Gasteiger partial charge on any atom is 0.164 e. The maximum absolute atomic E-state index is 10.7. The van der Waals surface area contributed by atoms with E-state index in [1.807, 2.05) is 13.8 Å². The molecule has 1 saturated heterocycles.